The molecular weight excluding hydrogens is 582 g/mol. The largest absolute Gasteiger partial charge is 0.726 e. The van der Waals surface area contributed by atoms with Crippen LogP contribution in [0.2, 0.25) is 0 Å². The third-order valence-corrected chi connectivity index (χ3v) is 9.89. The molecule has 1 aliphatic rings. The van der Waals surface area contributed by atoms with Gasteiger partial charge in [0.25, 0.3) is 0 Å². The molecule has 0 bridgehead atoms. The van der Waals surface area contributed by atoms with E-state index in [4.69, 9.17) is 17.5 Å². The fourth-order valence-electron chi connectivity index (χ4n) is 3.80. The Labute approximate surface area is 213 Å². The summed E-state index contributed by atoms with van der Waals surface area (Å²) in [5.41, 5.74) is 4.32. The van der Waals surface area contributed by atoms with Gasteiger partial charge in [0.1, 0.15) is 0 Å². The number of fused-ring (bicyclic) bond motifs is 2. The number of allylic oxidation sites excluding steroid dienone is 4. The zero-order valence-corrected chi connectivity index (χ0v) is 23.6. The molecule has 180 valence electrons. The number of aromatic nitrogens is 1. The molecule has 0 atom stereocenters. The molecule has 0 amide bonds. The van der Waals surface area contributed by atoms with Crippen LogP contribution >= 0.6 is 0 Å². The second kappa shape index (κ2) is 12.1. The van der Waals surface area contributed by atoms with Gasteiger partial charge in [0.05, 0.1) is 0 Å². The van der Waals surface area contributed by atoms with Gasteiger partial charge in [-0.25, -0.2) is 8.42 Å². The molecule has 0 radical (unpaired) electrons. The summed E-state index contributed by atoms with van der Waals surface area (Å²) in [6, 6.07) is 15.6. The summed E-state index contributed by atoms with van der Waals surface area (Å²) in [4.78, 5) is 2.44. The van der Waals surface area contributed by atoms with Gasteiger partial charge >= 0.3 is 187 Å². The van der Waals surface area contributed by atoms with Crippen LogP contribution < -0.4 is 13.9 Å². The molecule has 9 heteroatoms. The van der Waals surface area contributed by atoms with E-state index in [1.54, 1.807) is 0 Å². The average molecular weight is 610 g/mol. The van der Waals surface area contributed by atoms with Crippen LogP contribution in [0.5, 0.6) is 0 Å². The first-order valence-corrected chi connectivity index (χ1v) is 15.8. The molecule has 0 saturated carbocycles. The number of hydrogen-bond donors (Lipinski definition) is 1. The molecule has 0 fully saturated rings. The number of aryl methyl sites for hydroxylation is 2. The topological polar surface area (TPSA) is 84.6 Å². The standard InChI is InChI=1S/C25H27N2Se2.H2O4S/c1-4-19-13-12-16-22-25(19)27(6-3)24(29-22)18-9-7-8-17-23-26(5-2)20-14-10-11-15-21(20)28-23;1-5(2,3)4/h7-18H,4-6H2,1-3H3;(H2,1,2,3,4)/q+1;/p-1. The van der Waals surface area contributed by atoms with Crippen LogP contribution in [0.3, 0.4) is 0 Å². The van der Waals surface area contributed by atoms with E-state index in [1.165, 1.54) is 34.7 Å². The second-order valence-electron chi connectivity index (χ2n) is 7.29. The number of para-hydroxylation sites is 2. The van der Waals surface area contributed by atoms with E-state index in [9.17, 15) is 0 Å². The van der Waals surface area contributed by atoms with Crippen molar-refractivity contribution >= 4 is 65.9 Å². The van der Waals surface area contributed by atoms with Crippen LogP contribution in [0.15, 0.2) is 71.4 Å². The van der Waals surface area contributed by atoms with E-state index in [-0.39, 0.29) is 0 Å². The van der Waals surface area contributed by atoms with Crippen LogP contribution in [0, 0.1) is 0 Å². The van der Waals surface area contributed by atoms with Crippen molar-refractivity contribution in [3.63, 3.8) is 0 Å². The van der Waals surface area contributed by atoms with Gasteiger partial charge in [-0.05, 0) is 0 Å². The molecular formula is C25H28N2O4SSe2. The molecule has 0 saturated heterocycles. The molecule has 0 spiro atoms. The van der Waals surface area contributed by atoms with Crippen molar-refractivity contribution in [3.05, 3.63) is 81.5 Å². The summed E-state index contributed by atoms with van der Waals surface area (Å²) in [6.45, 7) is 8.80. The van der Waals surface area contributed by atoms with E-state index in [1.807, 2.05) is 0 Å². The van der Waals surface area contributed by atoms with Gasteiger partial charge in [0.2, 0.25) is 10.4 Å². The zero-order valence-electron chi connectivity index (χ0n) is 19.3. The first kappa shape index (κ1) is 26.6. The van der Waals surface area contributed by atoms with Crippen LogP contribution in [-0.4, -0.2) is 53.5 Å². The Morgan fingerprint density at radius 1 is 1.06 bits per heavy atom. The molecule has 6 nitrogen and oxygen atoms in total. The summed E-state index contributed by atoms with van der Waals surface area (Å²) < 4.78 is 41.3. The Hall–Kier alpha value is -1.96. The van der Waals surface area contributed by atoms with Crippen LogP contribution in [-0.2, 0) is 23.4 Å². The summed E-state index contributed by atoms with van der Waals surface area (Å²) in [7, 11) is -4.92. The smallest absolute Gasteiger partial charge is 0.215 e. The third-order valence-electron chi connectivity index (χ3n) is 5.18. The van der Waals surface area contributed by atoms with Crippen LogP contribution in [0.4, 0.5) is 5.69 Å². The van der Waals surface area contributed by atoms with E-state index in [2.05, 4.69) is 103 Å². The van der Waals surface area contributed by atoms with Gasteiger partial charge in [-0.1, -0.05) is 0 Å². The van der Waals surface area contributed by atoms with E-state index in [0.29, 0.717) is 29.5 Å². The molecule has 1 N–H and O–H groups in total. The quantitative estimate of drug-likeness (QED) is 0.153. The Bertz CT molecular complexity index is 1340. The molecule has 2 aromatic carbocycles. The van der Waals surface area contributed by atoms with Gasteiger partial charge in [-0.2, -0.15) is 0 Å². The van der Waals surface area contributed by atoms with Crippen LogP contribution in [0.1, 0.15) is 30.9 Å². The number of nitrogens with zero attached hydrogens (tertiary/aromatic N) is 2. The molecule has 1 aromatic heterocycles. The molecule has 1 aliphatic heterocycles. The van der Waals surface area contributed by atoms with E-state index >= 15 is 0 Å². The number of anilines is 1. The van der Waals surface area contributed by atoms with Gasteiger partial charge in [-0.15, -0.1) is 0 Å². The SMILES string of the molecule is CCc1cccc2[se]c(/C=C/C=C/C=C3\[Se]c4ccccc4N3CC)[n+](CC)c12.O=S(=O)([O-])O. The summed E-state index contributed by atoms with van der Waals surface area (Å²) >= 11 is 0.801. The molecule has 34 heavy (non-hydrogen) atoms. The monoisotopic (exact) mass is 612 g/mol. The average Bonchev–Trinajstić information content (AvgIpc) is 3.34. The van der Waals surface area contributed by atoms with Crippen molar-refractivity contribution in [3.8, 4) is 0 Å². The minimum absolute atomic E-state index is 0.397. The maximum absolute atomic E-state index is 8.63. The van der Waals surface area contributed by atoms with Gasteiger partial charge in [0.15, 0.2) is 0 Å². The Kier molecular flexibility index (Phi) is 9.51. The zero-order chi connectivity index (χ0) is 24.7. The summed E-state index contributed by atoms with van der Waals surface area (Å²) in [5.74, 6) is 0. The Morgan fingerprint density at radius 3 is 2.47 bits per heavy atom. The van der Waals surface area contributed by atoms with Crippen molar-refractivity contribution in [2.24, 2.45) is 0 Å². The number of hydrogen-bond acceptors (Lipinski definition) is 4. The van der Waals surface area contributed by atoms with Crippen molar-refractivity contribution in [2.75, 3.05) is 11.4 Å². The molecule has 2 heterocycles. The minimum Gasteiger partial charge on any atom is -0.726 e. The maximum Gasteiger partial charge on any atom is 0.215 e. The van der Waals surface area contributed by atoms with E-state index in [0.717, 1.165) is 19.5 Å². The first-order valence-electron chi connectivity index (χ1n) is 11.0. The molecule has 4 rings (SSSR count). The number of benzene rings is 2. The normalized spacial score (nSPS) is 14.9. The number of rotatable bonds is 6. The van der Waals surface area contributed by atoms with Crippen molar-refractivity contribution in [1.82, 2.24) is 0 Å². The summed E-state index contributed by atoms with van der Waals surface area (Å²) in [6.07, 6.45) is 12.3. The van der Waals surface area contributed by atoms with Gasteiger partial charge < -0.3 is 4.55 Å². The van der Waals surface area contributed by atoms with Crippen molar-refractivity contribution in [2.45, 2.75) is 33.7 Å². The van der Waals surface area contributed by atoms with E-state index < -0.39 is 10.4 Å². The Morgan fingerprint density at radius 2 is 1.79 bits per heavy atom. The minimum atomic E-state index is -4.92. The fraction of sp³-hybridized carbons (Fsp3) is 0.240. The predicted octanol–water partition coefficient (Wildman–Crippen LogP) is 3.05. The fourth-order valence-corrected chi connectivity index (χ4v) is 8.68. The molecule has 0 aliphatic carbocycles. The second-order valence-corrected chi connectivity index (χ2v) is 12.6. The van der Waals surface area contributed by atoms with Gasteiger partial charge in [0, 0.05) is 0 Å². The van der Waals surface area contributed by atoms with Gasteiger partial charge in [-0.3, -0.25) is 4.55 Å². The Balaban J connectivity index is 0.000000588. The molecule has 3 aromatic rings. The first-order chi connectivity index (χ1) is 16.3. The van der Waals surface area contributed by atoms with Crippen molar-refractivity contribution in [1.29, 1.82) is 0 Å². The summed E-state index contributed by atoms with van der Waals surface area (Å²) in [5, 5.41) is 0. The van der Waals surface area contributed by atoms with Crippen LogP contribution in [0.25, 0.3) is 15.9 Å². The predicted molar refractivity (Wildman–Crippen MR) is 140 cm³/mol. The third kappa shape index (κ3) is 6.80. The maximum atomic E-state index is 8.63. The van der Waals surface area contributed by atoms with Crippen molar-refractivity contribution < 1.29 is 22.1 Å². The molecule has 0 unspecified atom stereocenters.